The summed E-state index contributed by atoms with van der Waals surface area (Å²) in [5.74, 6) is 0. The predicted octanol–water partition coefficient (Wildman–Crippen LogP) is 1.17. The number of hydrogen-bond donors (Lipinski definition) is 3. The SMILES string of the molecule is CCC(CCO)NC(=O)NCc1csc(N(C)C)n1. The maximum Gasteiger partial charge on any atom is 0.315 e. The van der Waals surface area contributed by atoms with Crippen molar-refractivity contribution in [3.8, 4) is 0 Å². The summed E-state index contributed by atoms with van der Waals surface area (Å²) in [6, 6.07) is -0.211. The summed E-state index contributed by atoms with van der Waals surface area (Å²) >= 11 is 1.55. The lowest BCUT2D eigenvalue weighted by molar-refractivity contribution is 0.227. The lowest BCUT2D eigenvalue weighted by atomic mass is 10.2. The van der Waals surface area contributed by atoms with Crippen LogP contribution >= 0.6 is 11.3 Å². The Balaban J connectivity index is 2.36. The van der Waals surface area contributed by atoms with E-state index < -0.39 is 0 Å². The minimum absolute atomic E-state index is 0.0118. The van der Waals surface area contributed by atoms with Gasteiger partial charge in [0.2, 0.25) is 0 Å². The number of carbonyl (C=O) groups excluding carboxylic acids is 1. The van der Waals surface area contributed by atoms with Crippen molar-refractivity contribution in [2.45, 2.75) is 32.4 Å². The Bertz CT molecular complexity index is 395. The zero-order valence-electron chi connectivity index (χ0n) is 11.6. The molecule has 1 aromatic rings. The Morgan fingerprint density at radius 1 is 1.58 bits per heavy atom. The molecule has 0 aliphatic rings. The number of nitrogens with zero attached hydrogens (tertiary/aromatic N) is 2. The number of thiazole rings is 1. The molecule has 0 aliphatic heterocycles. The standard InChI is InChI=1S/C12H22N4O2S/c1-4-9(5-6-17)14-11(18)13-7-10-8-19-12(15-10)16(2)3/h8-9,17H,4-7H2,1-3H3,(H2,13,14,18). The highest BCUT2D eigenvalue weighted by atomic mass is 32.1. The summed E-state index contributed by atoms with van der Waals surface area (Å²) in [5, 5.41) is 17.3. The first-order valence-corrected chi connectivity index (χ1v) is 7.21. The van der Waals surface area contributed by atoms with Crippen molar-refractivity contribution in [3.63, 3.8) is 0 Å². The van der Waals surface area contributed by atoms with Crippen LogP contribution in [0.15, 0.2) is 5.38 Å². The number of anilines is 1. The molecule has 0 bridgehead atoms. The Morgan fingerprint density at radius 2 is 2.32 bits per heavy atom. The number of amides is 2. The van der Waals surface area contributed by atoms with Gasteiger partial charge in [0, 0.05) is 32.1 Å². The van der Waals surface area contributed by atoms with Crippen molar-refractivity contribution in [2.24, 2.45) is 0 Å². The van der Waals surface area contributed by atoms with Crippen LogP contribution in [-0.4, -0.2) is 42.9 Å². The fourth-order valence-corrected chi connectivity index (χ4v) is 2.28. The van der Waals surface area contributed by atoms with Crippen molar-refractivity contribution in [1.82, 2.24) is 15.6 Å². The molecule has 7 heteroatoms. The van der Waals surface area contributed by atoms with Gasteiger partial charge in [0.1, 0.15) is 0 Å². The number of hydrogen-bond acceptors (Lipinski definition) is 5. The zero-order valence-corrected chi connectivity index (χ0v) is 12.5. The molecule has 0 saturated carbocycles. The quantitative estimate of drug-likeness (QED) is 0.703. The third-order valence-corrected chi connectivity index (χ3v) is 3.72. The molecule has 19 heavy (non-hydrogen) atoms. The number of aliphatic hydroxyl groups is 1. The molecule has 0 aliphatic carbocycles. The van der Waals surface area contributed by atoms with E-state index in [0.29, 0.717) is 13.0 Å². The van der Waals surface area contributed by atoms with Crippen molar-refractivity contribution >= 4 is 22.5 Å². The number of urea groups is 1. The molecule has 0 aromatic carbocycles. The molecule has 0 spiro atoms. The summed E-state index contributed by atoms with van der Waals surface area (Å²) in [6.45, 7) is 2.47. The molecule has 6 nitrogen and oxygen atoms in total. The van der Waals surface area contributed by atoms with Gasteiger partial charge in [-0.25, -0.2) is 9.78 Å². The zero-order chi connectivity index (χ0) is 14.3. The predicted molar refractivity (Wildman–Crippen MR) is 77.6 cm³/mol. The van der Waals surface area contributed by atoms with Gasteiger partial charge in [-0.15, -0.1) is 11.3 Å². The summed E-state index contributed by atoms with van der Waals surface area (Å²) in [7, 11) is 3.87. The van der Waals surface area contributed by atoms with Crippen molar-refractivity contribution in [1.29, 1.82) is 0 Å². The second-order valence-corrected chi connectivity index (χ2v) is 5.30. The van der Waals surface area contributed by atoms with Gasteiger partial charge in [-0.05, 0) is 12.8 Å². The molecule has 1 atom stereocenters. The number of carbonyl (C=O) groups is 1. The van der Waals surface area contributed by atoms with E-state index in [4.69, 9.17) is 5.11 Å². The third-order valence-electron chi connectivity index (χ3n) is 2.66. The van der Waals surface area contributed by atoms with Gasteiger partial charge in [-0.1, -0.05) is 6.92 Å². The Morgan fingerprint density at radius 3 is 2.84 bits per heavy atom. The Hall–Kier alpha value is -1.34. The van der Waals surface area contributed by atoms with E-state index in [1.165, 1.54) is 0 Å². The smallest absolute Gasteiger partial charge is 0.315 e. The maximum atomic E-state index is 11.7. The molecular formula is C12H22N4O2S. The van der Waals surface area contributed by atoms with Gasteiger partial charge in [0.05, 0.1) is 12.2 Å². The van der Waals surface area contributed by atoms with Crippen LogP contribution in [0, 0.1) is 0 Å². The maximum absolute atomic E-state index is 11.7. The average molecular weight is 286 g/mol. The van der Waals surface area contributed by atoms with Crippen molar-refractivity contribution in [2.75, 3.05) is 25.6 Å². The molecule has 1 unspecified atom stereocenters. The topological polar surface area (TPSA) is 77.5 Å². The van der Waals surface area contributed by atoms with Crippen LogP contribution in [-0.2, 0) is 6.54 Å². The summed E-state index contributed by atoms with van der Waals surface area (Å²) < 4.78 is 0. The largest absolute Gasteiger partial charge is 0.396 e. The lowest BCUT2D eigenvalue weighted by Gasteiger charge is -2.15. The van der Waals surface area contributed by atoms with Gasteiger partial charge < -0.3 is 20.6 Å². The van der Waals surface area contributed by atoms with Crippen molar-refractivity contribution < 1.29 is 9.90 Å². The number of rotatable bonds is 7. The van der Waals surface area contributed by atoms with E-state index in [-0.39, 0.29) is 18.7 Å². The molecule has 1 rings (SSSR count). The second kappa shape index (κ2) is 7.96. The molecule has 1 aromatic heterocycles. The van der Waals surface area contributed by atoms with Crippen LogP contribution in [0.5, 0.6) is 0 Å². The van der Waals surface area contributed by atoms with Crippen LogP contribution in [0.25, 0.3) is 0 Å². The molecular weight excluding hydrogens is 264 g/mol. The fraction of sp³-hybridized carbons (Fsp3) is 0.667. The first kappa shape index (κ1) is 15.7. The molecule has 2 amide bonds. The van der Waals surface area contributed by atoms with E-state index >= 15 is 0 Å². The van der Waals surface area contributed by atoms with Gasteiger partial charge in [-0.2, -0.15) is 0 Å². The fourth-order valence-electron chi connectivity index (χ4n) is 1.52. The van der Waals surface area contributed by atoms with E-state index in [0.717, 1.165) is 17.2 Å². The number of aromatic nitrogens is 1. The van der Waals surface area contributed by atoms with Gasteiger partial charge in [-0.3, -0.25) is 0 Å². The Labute approximate surface area is 117 Å². The molecule has 0 radical (unpaired) electrons. The Kier molecular flexibility index (Phi) is 6.58. The molecule has 1 heterocycles. The van der Waals surface area contributed by atoms with Gasteiger partial charge in [0.25, 0.3) is 0 Å². The van der Waals surface area contributed by atoms with Gasteiger partial charge >= 0.3 is 6.03 Å². The van der Waals surface area contributed by atoms with E-state index in [9.17, 15) is 4.79 Å². The number of aliphatic hydroxyl groups excluding tert-OH is 1. The molecule has 0 saturated heterocycles. The molecule has 3 N–H and O–H groups in total. The highest BCUT2D eigenvalue weighted by Gasteiger charge is 2.10. The summed E-state index contributed by atoms with van der Waals surface area (Å²) in [4.78, 5) is 18.0. The highest BCUT2D eigenvalue weighted by molar-refractivity contribution is 7.13. The van der Waals surface area contributed by atoms with Crippen LogP contribution in [0.3, 0.4) is 0 Å². The molecule has 0 fully saturated rings. The van der Waals surface area contributed by atoms with Crippen LogP contribution in [0.4, 0.5) is 9.93 Å². The first-order chi connectivity index (χ1) is 9.06. The van der Waals surface area contributed by atoms with Crippen LogP contribution in [0.2, 0.25) is 0 Å². The molecule has 108 valence electrons. The minimum atomic E-state index is -0.222. The van der Waals surface area contributed by atoms with Crippen molar-refractivity contribution in [3.05, 3.63) is 11.1 Å². The van der Waals surface area contributed by atoms with E-state index in [2.05, 4.69) is 15.6 Å². The number of nitrogens with one attached hydrogen (secondary N) is 2. The van der Waals surface area contributed by atoms with E-state index in [1.54, 1.807) is 11.3 Å². The minimum Gasteiger partial charge on any atom is -0.396 e. The second-order valence-electron chi connectivity index (χ2n) is 4.46. The summed E-state index contributed by atoms with van der Waals surface area (Å²) in [5.41, 5.74) is 0.846. The van der Waals surface area contributed by atoms with Crippen LogP contribution in [0.1, 0.15) is 25.5 Å². The van der Waals surface area contributed by atoms with Crippen LogP contribution < -0.4 is 15.5 Å². The summed E-state index contributed by atoms with van der Waals surface area (Å²) in [6.07, 6.45) is 1.38. The lowest BCUT2D eigenvalue weighted by Crippen LogP contribution is -2.42. The monoisotopic (exact) mass is 286 g/mol. The highest BCUT2D eigenvalue weighted by Crippen LogP contribution is 2.17. The van der Waals surface area contributed by atoms with E-state index in [1.807, 2.05) is 31.3 Å². The third kappa shape index (κ3) is 5.44. The first-order valence-electron chi connectivity index (χ1n) is 6.33. The van der Waals surface area contributed by atoms with Gasteiger partial charge in [0.15, 0.2) is 5.13 Å². The average Bonchev–Trinajstić information content (AvgIpc) is 2.84. The normalized spacial score (nSPS) is 12.0.